The highest BCUT2D eigenvalue weighted by molar-refractivity contribution is 14.0. The predicted octanol–water partition coefficient (Wildman–Crippen LogP) is 3.63. The Morgan fingerprint density at radius 2 is 1.70 bits per heavy atom. The summed E-state index contributed by atoms with van der Waals surface area (Å²) in [4.78, 5) is 4.00. The monoisotopic (exact) mass is 443 g/mol. The molecular formula is C15H18F4IN3. The Bertz CT molecular complexity index is 571. The van der Waals surface area contributed by atoms with Crippen LogP contribution < -0.4 is 10.6 Å². The molecule has 1 aromatic rings. The van der Waals surface area contributed by atoms with Crippen LogP contribution in [0, 0.1) is 23.3 Å². The molecular weight excluding hydrogens is 425 g/mol. The van der Waals surface area contributed by atoms with E-state index < -0.39 is 35.4 Å². The topological polar surface area (TPSA) is 36.4 Å². The Kier molecular flexibility index (Phi) is 7.80. The molecule has 8 heteroatoms. The molecule has 0 saturated carbocycles. The van der Waals surface area contributed by atoms with Gasteiger partial charge in [0.2, 0.25) is 0 Å². The van der Waals surface area contributed by atoms with Crippen molar-refractivity contribution >= 4 is 29.9 Å². The van der Waals surface area contributed by atoms with Crippen LogP contribution in [0.2, 0.25) is 0 Å². The second-order valence-corrected chi connectivity index (χ2v) is 4.93. The average Bonchev–Trinajstić information content (AvgIpc) is 2.98. The molecule has 3 nitrogen and oxygen atoms in total. The smallest absolute Gasteiger partial charge is 0.191 e. The maximum atomic E-state index is 13.6. The van der Waals surface area contributed by atoms with E-state index in [0.717, 1.165) is 12.8 Å². The van der Waals surface area contributed by atoms with E-state index in [9.17, 15) is 17.6 Å². The highest BCUT2D eigenvalue weighted by Gasteiger charge is 2.19. The van der Waals surface area contributed by atoms with E-state index in [4.69, 9.17) is 0 Å². The summed E-state index contributed by atoms with van der Waals surface area (Å²) >= 11 is 0. The van der Waals surface area contributed by atoms with Crippen molar-refractivity contribution in [1.82, 2.24) is 10.6 Å². The van der Waals surface area contributed by atoms with Gasteiger partial charge in [-0.05, 0) is 19.8 Å². The minimum absolute atomic E-state index is 0. The zero-order chi connectivity index (χ0) is 16.1. The van der Waals surface area contributed by atoms with Crippen LogP contribution >= 0.6 is 24.0 Å². The number of nitrogens with one attached hydrogen (secondary N) is 2. The van der Waals surface area contributed by atoms with Crippen molar-refractivity contribution in [3.05, 3.63) is 47.1 Å². The lowest BCUT2D eigenvalue weighted by Gasteiger charge is -2.16. The summed E-state index contributed by atoms with van der Waals surface area (Å²) < 4.78 is 53.5. The molecule has 2 rings (SSSR count). The third-order valence-corrected chi connectivity index (χ3v) is 3.29. The van der Waals surface area contributed by atoms with E-state index in [0.29, 0.717) is 12.5 Å². The van der Waals surface area contributed by atoms with E-state index in [-0.39, 0.29) is 36.1 Å². The molecule has 1 aliphatic rings. The number of halogens is 5. The van der Waals surface area contributed by atoms with Gasteiger partial charge >= 0.3 is 0 Å². The minimum Gasteiger partial charge on any atom is -0.357 e. The molecule has 128 valence electrons. The molecule has 0 spiro atoms. The number of aliphatic imine (C=N–C) groups is 1. The maximum Gasteiger partial charge on any atom is 0.191 e. The normalized spacial score (nSPS) is 14.7. The lowest BCUT2D eigenvalue weighted by Crippen LogP contribution is -2.42. The lowest BCUT2D eigenvalue weighted by atomic mass is 10.2. The van der Waals surface area contributed by atoms with Gasteiger partial charge in [0.05, 0.1) is 12.1 Å². The van der Waals surface area contributed by atoms with Crippen LogP contribution in [0.15, 0.2) is 23.2 Å². The molecule has 0 bridgehead atoms. The summed E-state index contributed by atoms with van der Waals surface area (Å²) in [6, 6.07) is 0.336. The Morgan fingerprint density at radius 1 is 1.13 bits per heavy atom. The Morgan fingerprint density at radius 3 is 2.22 bits per heavy atom. The molecule has 0 unspecified atom stereocenters. The third-order valence-electron chi connectivity index (χ3n) is 3.29. The Balaban J connectivity index is 0.00000264. The Labute approximate surface area is 149 Å². The Hall–Kier alpha value is -1.32. The number of hydrogen-bond acceptors (Lipinski definition) is 1. The fourth-order valence-corrected chi connectivity index (χ4v) is 2.17. The van der Waals surface area contributed by atoms with Gasteiger partial charge < -0.3 is 10.6 Å². The molecule has 1 aliphatic carbocycles. The first-order chi connectivity index (χ1) is 10.5. The van der Waals surface area contributed by atoms with Crippen molar-refractivity contribution in [1.29, 1.82) is 0 Å². The summed E-state index contributed by atoms with van der Waals surface area (Å²) in [5.74, 6) is -5.34. The van der Waals surface area contributed by atoms with Crippen LogP contribution in [0.25, 0.3) is 0 Å². The molecule has 2 N–H and O–H groups in total. The molecule has 0 atom stereocenters. The average molecular weight is 443 g/mol. The van der Waals surface area contributed by atoms with Gasteiger partial charge in [-0.15, -0.1) is 24.0 Å². The van der Waals surface area contributed by atoms with Crippen LogP contribution in [0.3, 0.4) is 0 Å². The van der Waals surface area contributed by atoms with Crippen LogP contribution in [-0.2, 0) is 6.54 Å². The van der Waals surface area contributed by atoms with E-state index >= 15 is 0 Å². The van der Waals surface area contributed by atoms with Crippen molar-refractivity contribution in [2.75, 3.05) is 6.54 Å². The second kappa shape index (κ2) is 9.09. The number of nitrogens with zero attached hydrogens (tertiary/aromatic N) is 1. The van der Waals surface area contributed by atoms with Gasteiger partial charge in [0.15, 0.2) is 29.2 Å². The second-order valence-electron chi connectivity index (χ2n) is 4.93. The van der Waals surface area contributed by atoms with Crippen molar-refractivity contribution in [2.24, 2.45) is 4.99 Å². The minimum atomic E-state index is -1.43. The quantitative estimate of drug-likeness (QED) is 0.186. The first kappa shape index (κ1) is 19.7. The zero-order valence-corrected chi connectivity index (χ0v) is 14.8. The van der Waals surface area contributed by atoms with Gasteiger partial charge in [0.1, 0.15) is 0 Å². The van der Waals surface area contributed by atoms with Gasteiger partial charge in [-0.1, -0.05) is 12.2 Å². The molecule has 0 fully saturated rings. The number of guanidine groups is 1. The molecule has 0 saturated heterocycles. The first-order valence-corrected chi connectivity index (χ1v) is 7.04. The zero-order valence-electron chi connectivity index (χ0n) is 12.5. The molecule has 0 heterocycles. The van der Waals surface area contributed by atoms with E-state index in [1.54, 1.807) is 0 Å². The number of hydrogen-bond donors (Lipinski definition) is 2. The molecule has 0 amide bonds. The van der Waals surface area contributed by atoms with Crippen LogP contribution in [0.4, 0.5) is 17.6 Å². The third kappa shape index (κ3) is 5.08. The molecule has 0 aromatic heterocycles. The summed E-state index contributed by atoms with van der Waals surface area (Å²) in [5, 5.41) is 6.03. The highest BCUT2D eigenvalue weighted by atomic mass is 127. The van der Waals surface area contributed by atoms with E-state index in [2.05, 4.69) is 15.6 Å². The van der Waals surface area contributed by atoms with Gasteiger partial charge in [0.25, 0.3) is 0 Å². The lowest BCUT2D eigenvalue weighted by molar-refractivity contribution is 0.439. The summed E-state index contributed by atoms with van der Waals surface area (Å²) in [6.07, 6.45) is 5.68. The highest BCUT2D eigenvalue weighted by Crippen LogP contribution is 2.20. The van der Waals surface area contributed by atoms with Gasteiger partial charge in [-0.25, -0.2) is 22.6 Å². The van der Waals surface area contributed by atoms with Crippen molar-refractivity contribution in [2.45, 2.75) is 32.4 Å². The number of benzene rings is 1. The van der Waals surface area contributed by atoms with Crippen LogP contribution in [-0.4, -0.2) is 18.5 Å². The molecule has 1 aromatic carbocycles. The van der Waals surface area contributed by atoms with Crippen molar-refractivity contribution in [3.63, 3.8) is 0 Å². The maximum absolute atomic E-state index is 13.6. The predicted molar refractivity (Wildman–Crippen MR) is 91.8 cm³/mol. The molecule has 0 aliphatic heterocycles. The molecule has 23 heavy (non-hydrogen) atoms. The standard InChI is InChI=1S/C15H17F4N3.HI/c1-2-20-15(22-9-5-3-4-6-9)21-8-10-13(18)11(16)7-12(17)14(10)19;/h3-4,7,9H,2,5-6,8H2,1H3,(H2,20,21,22);1H. The fraction of sp³-hybridized carbons (Fsp3) is 0.400. The first-order valence-electron chi connectivity index (χ1n) is 7.04. The van der Waals surface area contributed by atoms with Crippen molar-refractivity contribution in [3.8, 4) is 0 Å². The van der Waals surface area contributed by atoms with Crippen LogP contribution in [0.5, 0.6) is 0 Å². The van der Waals surface area contributed by atoms with Gasteiger partial charge in [-0.2, -0.15) is 0 Å². The SMILES string of the molecule is CCNC(=NCc1c(F)c(F)cc(F)c1F)NC1CC=CC1.I. The van der Waals surface area contributed by atoms with E-state index in [1.807, 2.05) is 19.1 Å². The fourth-order valence-electron chi connectivity index (χ4n) is 2.17. The molecule has 0 radical (unpaired) electrons. The summed E-state index contributed by atoms with van der Waals surface area (Å²) in [7, 11) is 0. The number of rotatable bonds is 4. The van der Waals surface area contributed by atoms with Gasteiger partial charge in [-0.3, -0.25) is 0 Å². The van der Waals surface area contributed by atoms with Crippen molar-refractivity contribution < 1.29 is 17.6 Å². The largest absolute Gasteiger partial charge is 0.357 e. The van der Waals surface area contributed by atoms with E-state index in [1.165, 1.54) is 0 Å². The van der Waals surface area contributed by atoms with Crippen LogP contribution in [0.1, 0.15) is 25.3 Å². The summed E-state index contributed by atoms with van der Waals surface area (Å²) in [6.45, 7) is 1.89. The summed E-state index contributed by atoms with van der Waals surface area (Å²) in [5.41, 5.74) is -0.723. The van der Waals surface area contributed by atoms with Gasteiger partial charge in [0, 0.05) is 18.7 Å².